The van der Waals surface area contributed by atoms with Gasteiger partial charge in [-0.3, -0.25) is 42.6 Å². The quantitative estimate of drug-likeness (QED) is 0.0712. The van der Waals surface area contributed by atoms with E-state index in [1.54, 1.807) is 80.3 Å². The second kappa shape index (κ2) is 55.9. The first-order valence-corrected chi connectivity index (χ1v) is 37.8. The molecule has 0 aliphatic rings. The molecule has 0 radical (unpaired) electrons. The van der Waals surface area contributed by atoms with Gasteiger partial charge in [-0.2, -0.15) is 10.2 Å². The standard InChI is InChI=1S/C12H22N4O3.3C9H12.C8H15N3O2.C8H15N3O.2C8H11N.2C6H11N3.CH3F/c1-6-10(16-12(18)15(5)8-13-16)9(2)19-11(17)7-14(3)4;3*1-8(2)9-6-4-3-5-7-9;1-4-7(6(2)12)11-8(13)10(3)5-9-11;1-4-8(7(3)12)11-5-6(2)9-10-11;2*1-7(2)8-4-3-5-9-6-8;2*1-5(2)6-4-9(3)8-7-6;1-2/h8-10H,6-7H2,1-5H3;3*3-8H,1-2H3;5-7,12H,4H2,1-3H3;5,7-8,12H,4H2,1-3H3;2*3-7H,1-2H3;2*4-5H,1-3H3;1H3/t9-,10-;;;;6-,7+;7-,8+;;;;;/m0...11...../s1. The fourth-order valence-electron chi connectivity index (χ4n) is 9.73. The fourth-order valence-corrected chi connectivity index (χ4v) is 9.73. The lowest BCUT2D eigenvalue weighted by Gasteiger charge is -2.23. The summed E-state index contributed by atoms with van der Waals surface area (Å²) in [7, 11) is 11.1. The van der Waals surface area contributed by atoms with Gasteiger partial charge < -0.3 is 14.9 Å². The summed E-state index contributed by atoms with van der Waals surface area (Å²) in [5.41, 5.74) is 9.45. The number of hydrogen-bond acceptors (Lipinski definition) is 17. The number of pyridine rings is 2. The number of nitrogens with zero attached hydrogens (tertiary/aromatic N) is 18. The second-order valence-corrected chi connectivity index (χ2v) is 28.6. The molecular formula is C84H135FN18O6. The first kappa shape index (κ1) is 99.5. The molecule has 0 unspecified atom stereocenters. The van der Waals surface area contributed by atoms with Crippen molar-refractivity contribution >= 4 is 5.97 Å². The third-order valence-corrected chi connectivity index (χ3v) is 16.5. The summed E-state index contributed by atoms with van der Waals surface area (Å²) in [6.07, 6.45) is 16.9. The Morgan fingerprint density at radius 1 is 0.450 bits per heavy atom. The minimum atomic E-state index is -0.558. The second-order valence-electron chi connectivity index (χ2n) is 28.6. The van der Waals surface area contributed by atoms with Crippen LogP contribution in [0.3, 0.4) is 0 Å². The molecule has 7 heterocycles. The van der Waals surface area contributed by atoms with E-state index in [1.165, 1.54) is 59.0 Å². The Morgan fingerprint density at radius 3 is 0.982 bits per heavy atom. The summed E-state index contributed by atoms with van der Waals surface area (Å²) in [6.45, 7) is 43.5. The van der Waals surface area contributed by atoms with E-state index < -0.39 is 12.2 Å². The van der Waals surface area contributed by atoms with Crippen LogP contribution >= 0.6 is 0 Å². The number of hydrogen-bond donors (Lipinski definition) is 2. The number of aromatic nitrogens is 17. The van der Waals surface area contributed by atoms with E-state index in [4.69, 9.17) is 4.74 Å². The number of aliphatic hydroxyl groups is 2. The summed E-state index contributed by atoms with van der Waals surface area (Å²) in [5, 5.41) is 50.0. The van der Waals surface area contributed by atoms with Gasteiger partial charge in [-0.1, -0.05) is 236 Å². The molecule has 24 nitrogen and oxygen atoms in total. The lowest BCUT2D eigenvalue weighted by molar-refractivity contribution is -0.151. The Hall–Kier alpha value is -9.46. The summed E-state index contributed by atoms with van der Waals surface area (Å²) in [4.78, 5) is 44.7. The van der Waals surface area contributed by atoms with Gasteiger partial charge in [-0.05, 0) is 142 Å². The van der Waals surface area contributed by atoms with Gasteiger partial charge in [0.1, 0.15) is 18.8 Å². The molecule has 0 aliphatic heterocycles. The average molecular weight is 1510 g/mol. The van der Waals surface area contributed by atoms with Crippen molar-refractivity contribution in [3.63, 3.8) is 0 Å². The van der Waals surface area contributed by atoms with Crippen LogP contribution in [0.5, 0.6) is 0 Å². The Labute approximate surface area is 651 Å². The highest BCUT2D eigenvalue weighted by atomic mass is 19.1. The van der Waals surface area contributed by atoms with Crippen LogP contribution in [0.2, 0.25) is 0 Å². The Morgan fingerprint density at radius 2 is 0.780 bits per heavy atom. The number of rotatable bonds is 19. The molecule has 25 heteroatoms. The predicted molar refractivity (Wildman–Crippen MR) is 441 cm³/mol. The van der Waals surface area contributed by atoms with Gasteiger partial charge in [0.15, 0.2) is 0 Å². The number of aryl methyl sites for hydroxylation is 5. The first-order valence-electron chi connectivity index (χ1n) is 37.8. The van der Waals surface area contributed by atoms with Crippen molar-refractivity contribution in [3.05, 3.63) is 237 Å². The molecule has 0 saturated carbocycles. The van der Waals surface area contributed by atoms with Crippen LogP contribution in [0.4, 0.5) is 4.39 Å². The topological polar surface area (TPSA) is 268 Å². The lowest BCUT2D eigenvalue weighted by Crippen LogP contribution is -2.36. The summed E-state index contributed by atoms with van der Waals surface area (Å²) in [6, 6.07) is 39.3. The van der Waals surface area contributed by atoms with E-state index >= 15 is 0 Å². The molecule has 10 rings (SSSR count). The van der Waals surface area contributed by atoms with Crippen LogP contribution in [0.25, 0.3) is 0 Å². The summed E-state index contributed by atoms with van der Waals surface area (Å²) in [5.74, 6) is 3.83. The number of alkyl halides is 1. The zero-order chi connectivity index (χ0) is 82.9. The van der Waals surface area contributed by atoms with Crippen molar-refractivity contribution in [2.75, 3.05) is 27.8 Å². The highest BCUT2D eigenvalue weighted by Gasteiger charge is 2.25. The average Bonchev–Trinajstić information content (AvgIpc) is 1.71. The molecule has 109 heavy (non-hydrogen) atoms. The highest BCUT2D eigenvalue weighted by molar-refractivity contribution is 5.71. The largest absolute Gasteiger partial charge is 0.459 e. The van der Waals surface area contributed by atoms with Crippen LogP contribution < -0.4 is 11.4 Å². The maximum atomic E-state index is 11.9. The van der Waals surface area contributed by atoms with Gasteiger partial charge in [-0.15, -0.1) is 15.3 Å². The van der Waals surface area contributed by atoms with Crippen molar-refractivity contribution in [2.24, 2.45) is 28.2 Å². The van der Waals surface area contributed by atoms with E-state index in [0.29, 0.717) is 61.4 Å². The molecule has 2 N–H and O–H groups in total. The smallest absolute Gasteiger partial charge is 0.345 e. The molecule has 0 bridgehead atoms. The molecule has 10 aromatic rings. The molecule has 3 aromatic carbocycles. The van der Waals surface area contributed by atoms with Crippen LogP contribution in [0.15, 0.2) is 181 Å². The molecular weight excluding hydrogens is 1380 g/mol. The van der Waals surface area contributed by atoms with E-state index in [0.717, 1.165) is 23.5 Å². The number of likely N-dealkylation sites (N-methyl/N-ethyl adjacent to an activating group) is 1. The molecule has 6 atom stereocenters. The predicted octanol–water partition coefficient (Wildman–Crippen LogP) is 16.2. The Balaban J connectivity index is 0.00000120. The zero-order valence-electron chi connectivity index (χ0n) is 71.0. The van der Waals surface area contributed by atoms with Gasteiger partial charge in [0, 0.05) is 71.6 Å². The van der Waals surface area contributed by atoms with Crippen LogP contribution in [0.1, 0.15) is 262 Å². The van der Waals surface area contributed by atoms with Crippen molar-refractivity contribution in [2.45, 2.75) is 243 Å². The zero-order valence-corrected chi connectivity index (χ0v) is 71.0. The third-order valence-electron chi connectivity index (χ3n) is 16.5. The number of aliphatic hydroxyl groups excluding tert-OH is 2. The Kier molecular flexibility index (Phi) is 51.0. The minimum absolute atomic E-state index is 0.0474. The van der Waals surface area contributed by atoms with Gasteiger partial charge in [0.05, 0.1) is 61.1 Å². The molecule has 604 valence electrons. The first-order chi connectivity index (χ1) is 51.5. The number of carbonyl (C=O) groups is 1. The van der Waals surface area contributed by atoms with E-state index in [1.807, 2.05) is 103 Å². The number of benzene rings is 3. The van der Waals surface area contributed by atoms with Gasteiger partial charge in [-0.25, -0.2) is 23.6 Å². The molecule has 0 saturated heterocycles. The van der Waals surface area contributed by atoms with Crippen LogP contribution in [-0.2, 0) is 37.7 Å². The fraction of sp³-hybridized carbons (Fsp3) is 0.536. The molecule has 0 amide bonds. The molecule has 0 aliphatic carbocycles. The number of halogens is 1. The summed E-state index contributed by atoms with van der Waals surface area (Å²) >= 11 is 0. The normalized spacial score (nSPS) is 12.1. The van der Waals surface area contributed by atoms with Gasteiger partial charge in [0.25, 0.3) is 0 Å². The number of carbonyl (C=O) groups excluding carboxylic acids is 1. The maximum absolute atomic E-state index is 11.9. The molecule has 7 aromatic heterocycles. The summed E-state index contributed by atoms with van der Waals surface area (Å²) < 4.78 is 25.5. The van der Waals surface area contributed by atoms with Crippen molar-refractivity contribution < 1.29 is 24.1 Å². The van der Waals surface area contributed by atoms with E-state index in [9.17, 15) is 29.0 Å². The Bertz CT molecular complexity index is 3660. The highest BCUT2D eigenvalue weighted by Crippen LogP contribution is 2.19. The third kappa shape index (κ3) is 41.1. The van der Waals surface area contributed by atoms with Crippen LogP contribution in [0, 0.1) is 6.92 Å². The van der Waals surface area contributed by atoms with Crippen molar-refractivity contribution in [1.29, 1.82) is 0 Å². The number of ether oxygens (including phenoxy) is 1. The van der Waals surface area contributed by atoms with Crippen molar-refractivity contribution in [3.8, 4) is 0 Å². The molecule has 0 fully saturated rings. The monoisotopic (exact) mass is 1510 g/mol. The van der Waals surface area contributed by atoms with Crippen molar-refractivity contribution in [1.82, 2.24) is 88.5 Å². The number of esters is 1. The molecule has 0 spiro atoms. The van der Waals surface area contributed by atoms with E-state index in [2.05, 4.69) is 233 Å². The maximum Gasteiger partial charge on any atom is 0.345 e. The SMILES string of the molecule is CC(C)c1ccccc1.CC(C)c1ccccc1.CC(C)c1ccccc1.CC(C)c1cccnc1.CC(C)c1cccnc1.CC(C)c1cn(C)nn1.CC(C)c1cn(C)nn1.CC[C@@H]([C@@H](C)O)n1cc(C)nn1.CC[C@@H]([C@@H](C)O)n1ncn(C)c1=O.CC[C@@H]([C@H](C)OC(=O)CN(C)C)n1ncn(C)c1=O.CF. The van der Waals surface area contributed by atoms with E-state index in [-0.39, 0.29) is 48.1 Å². The van der Waals surface area contributed by atoms with Gasteiger partial charge in [0.2, 0.25) is 0 Å². The van der Waals surface area contributed by atoms with Crippen LogP contribution in [-0.4, -0.2) is 151 Å². The minimum Gasteiger partial charge on any atom is -0.459 e. The van der Waals surface area contributed by atoms with Gasteiger partial charge >= 0.3 is 17.3 Å². The lowest BCUT2D eigenvalue weighted by atomic mass is 10.0.